The number of aliphatic hydroxyl groups is 1. The first-order chi connectivity index (χ1) is 17.3. The Morgan fingerprint density at radius 1 is 1.14 bits per heavy atom. The second kappa shape index (κ2) is 10.6. The number of anilines is 1. The third-order valence-corrected chi connectivity index (χ3v) is 7.42. The van der Waals surface area contributed by atoms with Crippen LogP contribution >= 0.6 is 0 Å². The molecule has 0 spiro atoms. The van der Waals surface area contributed by atoms with Gasteiger partial charge in [-0.05, 0) is 56.7 Å². The van der Waals surface area contributed by atoms with Gasteiger partial charge < -0.3 is 20.6 Å². The smallest absolute Gasteiger partial charge is 0.387 e. The zero-order valence-electron chi connectivity index (χ0n) is 21.6. The van der Waals surface area contributed by atoms with Gasteiger partial charge in [-0.15, -0.1) is 0 Å². The van der Waals surface area contributed by atoms with Gasteiger partial charge in [0, 0.05) is 37.3 Å². The Morgan fingerprint density at radius 3 is 2.38 bits per heavy atom. The van der Waals surface area contributed by atoms with Crippen molar-refractivity contribution in [3.8, 4) is 0 Å². The van der Waals surface area contributed by atoms with E-state index in [1.165, 1.54) is 18.5 Å². The molecule has 4 rings (SSSR count). The molecule has 2 aliphatic rings. The Bertz CT molecular complexity index is 1090. The van der Waals surface area contributed by atoms with Crippen LogP contribution in [0.3, 0.4) is 0 Å². The maximum atomic E-state index is 13.7. The summed E-state index contributed by atoms with van der Waals surface area (Å²) in [6.07, 6.45) is -1.01. The predicted octanol–water partition coefficient (Wildman–Crippen LogP) is 4.38. The van der Waals surface area contributed by atoms with Crippen LogP contribution in [0.5, 0.6) is 0 Å². The standard InChI is InChI=1S/C27H36F3N5O2/c1-17-15-21(36)23-22(17)24(33-16-32-23)34-11-13-35(14-12-34)25(37)20(5-4-10-26(2,3)31)18-6-8-19(9-7-18)27(28,29)30/h6-9,16-17,20-21,36H,4-5,10-15,31H2,1-3H3/t17-,20-,21+/m1/s1. The molecule has 3 atom stereocenters. The number of rotatable bonds is 7. The number of aromatic nitrogens is 2. The molecule has 1 aliphatic heterocycles. The number of aliphatic hydroxyl groups excluding tert-OH is 1. The van der Waals surface area contributed by atoms with E-state index in [9.17, 15) is 23.1 Å². The van der Waals surface area contributed by atoms with Gasteiger partial charge in [0.2, 0.25) is 5.91 Å². The van der Waals surface area contributed by atoms with Gasteiger partial charge in [-0.2, -0.15) is 13.2 Å². The van der Waals surface area contributed by atoms with Gasteiger partial charge in [0.25, 0.3) is 0 Å². The summed E-state index contributed by atoms with van der Waals surface area (Å²) in [4.78, 5) is 26.4. The van der Waals surface area contributed by atoms with Gasteiger partial charge in [0.15, 0.2) is 0 Å². The summed E-state index contributed by atoms with van der Waals surface area (Å²) in [7, 11) is 0. The lowest BCUT2D eigenvalue weighted by atomic mass is 9.88. The van der Waals surface area contributed by atoms with Crippen LogP contribution in [0.2, 0.25) is 0 Å². The molecule has 1 aromatic heterocycles. The van der Waals surface area contributed by atoms with Crippen molar-refractivity contribution in [1.29, 1.82) is 0 Å². The fourth-order valence-corrected chi connectivity index (χ4v) is 5.41. The maximum Gasteiger partial charge on any atom is 0.416 e. The molecule has 0 bridgehead atoms. The monoisotopic (exact) mass is 519 g/mol. The number of hydrogen-bond donors (Lipinski definition) is 2. The highest BCUT2D eigenvalue weighted by atomic mass is 19.4. The normalized spacial score (nSPS) is 21.2. The lowest BCUT2D eigenvalue weighted by molar-refractivity contribution is -0.137. The summed E-state index contributed by atoms with van der Waals surface area (Å²) >= 11 is 0. The van der Waals surface area contributed by atoms with E-state index < -0.39 is 23.8 Å². The third kappa shape index (κ3) is 6.23. The molecule has 0 saturated carbocycles. The van der Waals surface area contributed by atoms with Crippen molar-refractivity contribution in [1.82, 2.24) is 14.9 Å². The SMILES string of the molecule is C[C@@H]1C[C@H](O)c2ncnc(N3CCN(C(=O)[C@H](CCCC(C)(C)N)c4ccc(C(F)(F)F)cc4)CC3)c21. The molecule has 1 amide bonds. The quantitative estimate of drug-likeness (QED) is 0.564. The minimum absolute atomic E-state index is 0.0778. The lowest BCUT2D eigenvalue weighted by Gasteiger charge is -2.38. The number of carbonyl (C=O) groups is 1. The highest BCUT2D eigenvalue weighted by molar-refractivity contribution is 5.84. The largest absolute Gasteiger partial charge is 0.416 e. The van der Waals surface area contributed by atoms with Gasteiger partial charge in [-0.25, -0.2) is 9.97 Å². The average Bonchev–Trinajstić information content (AvgIpc) is 3.14. The molecule has 7 nitrogen and oxygen atoms in total. The minimum atomic E-state index is -4.42. The van der Waals surface area contributed by atoms with Crippen LogP contribution in [-0.2, 0) is 11.0 Å². The fraction of sp³-hybridized carbons (Fsp3) is 0.593. The summed E-state index contributed by atoms with van der Waals surface area (Å²) in [5.74, 6) is 0.350. The summed E-state index contributed by atoms with van der Waals surface area (Å²) in [5, 5.41) is 10.3. The number of hydrogen-bond acceptors (Lipinski definition) is 6. The zero-order chi connectivity index (χ0) is 27.0. The van der Waals surface area contributed by atoms with Crippen LogP contribution < -0.4 is 10.6 Å². The molecule has 37 heavy (non-hydrogen) atoms. The molecular formula is C27H36F3N5O2. The molecule has 3 N–H and O–H groups in total. The highest BCUT2D eigenvalue weighted by Crippen LogP contribution is 2.43. The number of nitrogens with two attached hydrogens (primary N) is 1. The predicted molar refractivity (Wildman–Crippen MR) is 135 cm³/mol. The molecule has 1 aliphatic carbocycles. The Hall–Kier alpha value is -2.72. The number of halogens is 3. The number of benzene rings is 1. The Balaban J connectivity index is 1.48. The lowest BCUT2D eigenvalue weighted by Crippen LogP contribution is -2.50. The third-order valence-electron chi connectivity index (χ3n) is 7.42. The molecule has 1 saturated heterocycles. The van der Waals surface area contributed by atoms with E-state index in [1.54, 1.807) is 4.90 Å². The number of piperazine rings is 1. The van der Waals surface area contributed by atoms with E-state index in [2.05, 4.69) is 21.8 Å². The van der Waals surface area contributed by atoms with Crippen LogP contribution in [0.15, 0.2) is 30.6 Å². The number of fused-ring (bicyclic) bond motifs is 1. The molecule has 1 aromatic carbocycles. The van der Waals surface area contributed by atoms with Crippen molar-refractivity contribution in [2.75, 3.05) is 31.1 Å². The van der Waals surface area contributed by atoms with E-state index >= 15 is 0 Å². The van der Waals surface area contributed by atoms with E-state index in [0.717, 1.165) is 23.5 Å². The highest BCUT2D eigenvalue weighted by Gasteiger charge is 2.35. The molecule has 2 aromatic rings. The van der Waals surface area contributed by atoms with Gasteiger partial charge in [0.1, 0.15) is 12.1 Å². The second-order valence-electron chi connectivity index (χ2n) is 11.0. The van der Waals surface area contributed by atoms with Crippen LogP contribution in [0, 0.1) is 0 Å². The molecule has 1 fully saturated rings. The van der Waals surface area contributed by atoms with Crippen LogP contribution in [0.1, 0.15) is 86.8 Å². The van der Waals surface area contributed by atoms with Gasteiger partial charge in [-0.3, -0.25) is 4.79 Å². The first-order valence-corrected chi connectivity index (χ1v) is 12.9. The van der Waals surface area contributed by atoms with E-state index in [-0.39, 0.29) is 17.4 Å². The summed E-state index contributed by atoms with van der Waals surface area (Å²) < 4.78 is 39.3. The first-order valence-electron chi connectivity index (χ1n) is 12.9. The Kier molecular flexibility index (Phi) is 7.80. The van der Waals surface area contributed by atoms with Crippen LogP contribution in [0.25, 0.3) is 0 Å². The molecule has 10 heteroatoms. The first kappa shape index (κ1) is 27.3. The van der Waals surface area contributed by atoms with Crippen molar-refractivity contribution in [2.45, 2.75) is 76.1 Å². The fourth-order valence-electron chi connectivity index (χ4n) is 5.41. The van der Waals surface area contributed by atoms with E-state index in [4.69, 9.17) is 5.73 Å². The second-order valence-corrected chi connectivity index (χ2v) is 11.0. The topological polar surface area (TPSA) is 95.6 Å². The van der Waals surface area contributed by atoms with Gasteiger partial charge in [0.05, 0.1) is 23.3 Å². The van der Waals surface area contributed by atoms with Crippen LogP contribution in [0.4, 0.5) is 19.0 Å². The Morgan fingerprint density at radius 2 is 1.78 bits per heavy atom. The van der Waals surface area contributed by atoms with Gasteiger partial charge in [-0.1, -0.05) is 25.5 Å². The van der Waals surface area contributed by atoms with Crippen molar-refractivity contribution < 1.29 is 23.1 Å². The van der Waals surface area contributed by atoms with E-state index in [1.807, 2.05) is 13.8 Å². The Labute approximate surface area is 215 Å². The molecule has 2 heterocycles. The summed E-state index contributed by atoms with van der Waals surface area (Å²) in [6, 6.07) is 4.94. The van der Waals surface area contributed by atoms with Crippen molar-refractivity contribution >= 4 is 11.7 Å². The maximum absolute atomic E-state index is 13.7. The van der Waals surface area contributed by atoms with E-state index in [0.29, 0.717) is 63.1 Å². The molecule has 202 valence electrons. The van der Waals surface area contributed by atoms with Crippen LogP contribution in [-0.4, -0.2) is 57.6 Å². The van der Waals surface area contributed by atoms with Crippen molar-refractivity contribution in [3.63, 3.8) is 0 Å². The average molecular weight is 520 g/mol. The minimum Gasteiger partial charge on any atom is -0.387 e. The number of nitrogens with zero attached hydrogens (tertiary/aromatic N) is 4. The molecule has 0 radical (unpaired) electrons. The molecule has 0 unspecified atom stereocenters. The van der Waals surface area contributed by atoms with Gasteiger partial charge >= 0.3 is 6.18 Å². The number of amides is 1. The zero-order valence-corrected chi connectivity index (χ0v) is 21.6. The van der Waals surface area contributed by atoms with Crippen molar-refractivity contribution in [3.05, 3.63) is 53.0 Å². The summed E-state index contributed by atoms with van der Waals surface area (Å²) in [6.45, 7) is 8.01. The molecular weight excluding hydrogens is 483 g/mol. The van der Waals surface area contributed by atoms with Crippen molar-refractivity contribution in [2.24, 2.45) is 5.73 Å². The number of carbonyl (C=O) groups excluding carboxylic acids is 1. The number of alkyl halides is 3. The summed E-state index contributed by atoms with van der Waals surface area (Å²) in [5.41, 5.74) is 7.25.